The first-order valence-corrected chi connectivity index (χ1v) is 6.43. The maximum absolute atomic E-state index is 11.9. The molecule has 19 heavy (non-hydrogen) atoms. The number of carbonyl (C=O) groups is 1. The Balaban J connectivity index is 1.83. The van der Waals surface area contributed by atoms with Crippen molar-refractivity contribution in [3.63, 3.8) is 0 Å². The standard InChI is InChI=1S/C13H10N4OS/c18-13(16-12-8-14-17-19-12)15-11-7-3-5-9-4-1-2-6-10(9)11/h1-8H,(H2,15,16,18). The summed E-state index contributed by atoms with van der Waals surface area (Å²) in [7, 11) is 0. The average molecular weight is 270 g/mol. The highest BCUT2D eigenvalue weighted by Gasteiger charge is 2.06. The molecule has 2 N–H and O–H groups in total. The Morgan fingerprint density at radius 1 is 1.05 bits per heavy atom. The van der Waals surface area contributed by atoms with Crippen LogP contribution in [0.4, 0.5) is 15.5 Å². The van der Waals surface area contributed by atoms with E-state index in [1.165, 1.54) is 6.20 Å². The average Bonchev–Trinajstić information content (AvgIpc) is 2.92. The lowest BCUT2D eigenvalue weighted by Gasteiger charge is -2.08. The summed E-state index contributed by atoms with van der Waals surface area (Å²) in [5, 5.41) is 11.9. The number of rotatable bonds is 2. The first-order valence-electron chi connectivity index (χ1n) is 5.66. The van der Waals surface area contributed by atoms with E-state index < -0.39 is 0 Å². The minimum atomic E-state index is -0.303. The Morgan fingerprint density at radius 3 is 2.74 bits per heavy atom. The van der Waals surface area contributed by atoms with Gasteiger partial charge in [0.15, 0.2) is 0 Å². The van der Waals surface area contributed by atoms with E-state index in [4.69, 9.17) is 0 Å². The van der Waals surface area contributed by atoms with Gasteiger partial charge in [-0.15, -0.1) is 5.10 Å². The van der Waals surface area contributed by atoms with E-state index in [1.54, 1.807) is 0 Å². The molecule has 0 bridgehead atoms. The van der Waals surface area contributed by atoms with Crippen molar-refractivity contribution in [2.45, 2.75) is 0 Å². The molecule has 94 valence electrons. The first kappa shape index (κ1) is 11.6. The van der Waals surface area contributed by atoms with Crippen LogP contribution in [0.1, 0.15) is 0 Å². The Hall–Kier alpha value is -2.47. The van der Waals surface area contributed by atoms with Crippen molar-refractivity contribution < 1.29 is 4.79 Å². The highest BCUT2D eigenvalue weighted by atomic mass is 32.1. The van der Waals surface area contributed by atoms with Crippen molar-refractivity contribution >= 4 is 39.0 Å². The molecule has 2 amide bonds. The van der Waals surface area contributed by atoms with Crippen LogP contribution in [0.25, 0.3) is 10.8 Å². The molecule has 0 aliphatic heterocycles. The van der Waals surface area contributed by atoms with Crippen LogP contribution in [0.5, 0.6) is 0 Å². The maximum atomic E-state index is 11.9. The number of nitrogens with zero attached hydrogens (tertiary/aromatic N) is 2. The van der Waals surface area contributed by atoms with E-state index in [9.17, 15) is 4.79 Å². The molecule has 0 saturated carbocycles. The smallest absolute Gasteiger partial charge is 0.307 e. The highest BCUT2D eigenvalue weighted by Crippen LogP contribution is 2.23. The van der Waals surface area contributed by atoms with Crippen LogP contribution in [0.3, 0.4) is 0 Å². The number of carbonyl (C=O) groups excluding carboxylic acids is 1. The van der Waals surface area contributed by atoms with Gasteiger partial charge in [0, 0.05) is 16.9 Å². The van der Waals surface area contributed by atoms with Crippen LogP contribution < -0.4 is 10.6 Å². The van der Waals surface area contributed by atoms with E-state index >= 15 is 0 Å². The number of amides is 2. The lowest BCUT2D eigenvalue weighted by Crippen LogP contribution is -2.18. The van der Waals surface area contributed by atoms with Gasteiger partial charge in [0.1, 0.15) is 5.00 Å². The molecule has 3 aromatic rings. The van der Waals surface area contributed by atoms with Gasteiger partial charge in [0.25, 0.3) is 0 Å². The fourth-order valence-corrected chi connectivity index (χ4v) is 2.24. The Morgan fingerprint density at radius 2 is 1.89 bits per heavy atom. The topological polar surface area (TPSA) is 66.9 Å². The Labute approximate surface area is 113 Å². The monoisotopic (exact) mass is 270 g/mol. The van der Waals surface area contributed by atoms with Crippen molar-refractivity contribution in [3.8, 4) is 0 Å². The number of hydrogen-bond acceptors (Lipinski definition) is 4. The fourth-order valence-electron chi connectivity index (χ4n) is 1.82. The van der Waals surface area contributed by atoms with Gasteiger partial charge in [-0.2, -0.15) is 0 Å². The van der Waals surface area contributed by atoms with Crippen molar-refractivity contribution in [3.05, 3.63) is 48.7 Å². The maximum Gasteiger partial charge on any atom is 0.324 e. The summed E-state index contributed by atoms with van der Waals surface area (Å²) in [6.07, 6.45) is 1.51. The van der Waals surface area contributed by atoms with E-state index in [-0.39, 0.29) is 6.03 Å². The molecule has 5 nitrogen and oxygen atoms in total. The summed E-state index contributed by atoms with van der Waals surface area (Å²) in [5.74, 6) is 0. The minimum absolute atomic E-state index is 0.303. The predicted octanol–water partition coefficient (Wildman–Crippen LogP) is 3.34. The number of fused-ring (bicyclic) bond motifs is 1. The molecule has 0 fully saturated rings. The number of urea groups is 1. The second kappa shape index (κ2) is 5.03. The van der Waals surface area contributed by atoms with Crippen molar-refractivity contribution in [2.75, 3.05) is 10.6 Å². The molecule has 0 saturated heterocycles. The van der Waals surface area contributed by atoms with E-state index in [0.29, 0.717) is 5.00 Å². The molecular formula is C13H10N4OS. The van der Waals surface area contributed by atoms with Gasteiger partial charge in [-0.25, -0.2) is 4.79 Å². The largest absolute Gasteiger partial charge is 0.324 e. The van der Waals surface area contributed by atoms with Crippen molar-refractivity contribution in [2.24, 2.45) is 0 Å². The van der Waals surface area contributed by atoms with Crippen LogP contribution in [0.15, 0.2) is 48.7 Å². The van der Waals surface area contributed by atoms with Crippen LogP contribution in [-0.2, 0) is 0 Å². The lowest BCUT2D eigenvalue weighted by molar-refractivity contribution is 0.262. The molecule has 2 aromatic carbocycles. The Bertz CT molecular complexity index is 706. The highest BCUT2D eigenvalue weighted by molar-refractivity contribution is 7.10. The molecule has 0 spiro atoms. The first-order chi connectivity index (χ1) is 9.33. The molecule has 0 unspecified atom stereocenters. The van der Waals surface area contributed by atoms with Gasteiger partial charge >= 0.3 is 6.03 Å². The molecule has 1 aromatic heterocycles. The van der Waals surface area contributed by atoms with E-state index in [0.717, 1.165) is 28.0 Å². The van der Waals surface area contributed by atoms with Gasteiger partial charge in [-0.1, -0.05) is 40.9 Å². The second-order valence-electron chi connectivity index (χ2n) is 3.89. The zero-order valence-corrected chi connectivity index (χ0v) is 10.6. The number of nitrogens with one attached hydrogen (secondary N) is 2. The minimum Gasteiger partial charge on any atom is -0.307 e. The van der Waals surface area contributed by atoms with E-state index in [1.807, 2.05) is 42.5 Å². The number of anilines is 2. The van der Waals surface area contributed by atoms with Crippen LogP contribution >= 0.6 is 11.5 Å². The number of benzene rings is 2. The Kier molecular flexibility index (Phi) is 3.07. The van der Waals surface area contributed by atoms with Gasteiger partial charge in [-0.05, 0) is 11.5 Å². The van der Waals surface area contributed by atoms with Crippen LogP contribution in [0, 0.1) is 0 Å². The normalized spacial score (nSPS) is 10.3. The zero-order valence-electron chi connectivity index (χ0n) is 9.83. The quantitative estimate of drug-likeness (QED) is 0.750. The molecule has 0 aliphatic carbocycles. The van der Waals surface area contributed by atoms with Gasteiger partial charge in [-0.3, -0.25) is 5.32 Å². The van der Waals surface area contributed by atoms with E-state index in [2.05, 4.69) is 20.2 Å². The van der Waals surface area contributed by atoms with Gasteiger partial charge in [0.05, 0.1) is 11.9 Å². The molecule has 0 atom stereocenters. The third-order valence-corrected chi connectivity index (χ3v) is 3.22. The number of hydrogen-bond donors (Lipinski definition) is 2. The summed E-state index contributed by atoms with van der Waals surface area (Å²) >= 11 is 1.13. The third kappa shape index (κ3) is 2.53. The molecule has 0 aliphatic rings. The second-order valence-corrected chi connectivity index (χ2v) is 4.67. The van der Waals surface area contributed by atoms with Gasteiger partial charge in [0.2, 0.25) is 0 Å². The predicted molar refractivity (Wildman–Crippen MR) is 76.5 cm³/mol. The summed E-state index contributed by atoms with van der Waals surface area (Å²) in [6, 6.07) is 13.4. The van der Waals surface area contributed by atoms with Crippen LogP contribution in [0.2, 0.25) is 0 Å². The van der Waals surface area contributed by atoms with Gasteiger partial charge < -0.3 is 5.32 Å². The van der Waals surface area contributed by atoms with Crippen molar-refractivity contribution in [1.82, 2.24) is 9.59 Å². The summed E-state index contributed by atoms with van der Waals surface area (Å²) in [6.45, 7) is 0. The molecule has 1 heterocycles. The fraction of sp³-hybridized carbons (Fsp3) is 0. The SMILES string of the molecule is O=C(Nc1cnns1)Nc1cccc2ccccc12. The molecule has 0 radical (unpaired) electrons. The number of aromatic nitrogens is 2. The summed E-state index contributed by atoms with van der Waals surface area (Å²) in [4.78, 5) is 11.9. The molecule has 3 rings (SSSR count). The molecule has 6 heteroatoms. The summed E-state index contributed by atoms with van der Waals surface area (Å²) in [5.41, 5.74) is 0.771. The zero-order chi connectivity index (χ0) is 13.1. The van der Waals surface area contributed by atoms with Crippen molar-refractivity contribution in [1.29, 1.82) is 0 Å². The third-order valence-electron chi connectivity index (χ3n) is 2.64. The van der Waals surface area contributed by atoms with Crippen LogP contribution in [-0.4, -0.2) is 15.6 Å². The summed E-state index contributed by atoms with van der Waals surface area (Å²) < 4.78 is 3.68. The molecular weight excluding hydrogens is 260 g/mol. The lowest BCUT2D eigenvalue weighted by atomic mass is 10.1.